The summed E-state index contributed by atoms with van der Waals surface area (Å²) >= 11 is 5.99. The number of nitrogens with zero attached hydrogens (tertiary/aromatic N) is 2. The Bertz CT molecular complexity index is 918. The van der Waals surface area contributed by atoms with Crippen LogP contribution in [0.5, 0.6) is 0 Å². The number of benzene rings is 1. The first-order valence-electron chi connectivity index (χ1n) is 8.65. The predicted octanol–water partition coefficient (Wildman–Crippen LogP) is 2.09. The van der Waals surface area contributed by atoms with Gasteiger partial charge in [0.25, 0.3) is 11.8 Å². The lowest BCUT2D eigenvalue weighted by Crippen LogP contribution is -2.55. The van der Waals surface area contributed by atoms with Crippen LogP contribution in [0, 0.1) is 0 Å². The van der Waals surface area contributed by atoms with Crippen molar-refractivity contribution in [3.63, 3.8) is 0 Å². The largest absolute Gasteiger partial charge is 0.349 e. The molecule has 1 saturated heterocycles. The Labute approximate surface area is 160 Å². The summed E-state index contributed by atoms with van der Waals surface area (Å²) in [7, 11) is 0. The number of pyridine rings is 1. The van der Waals surface area contributed by atoms with Gasteiger partial charge in [-0.25, -0.2) is 0 Å². The lowest BCUT2D eigenvalue weighted by Gasteiger charge is -2.37. The van der Waals surface area contributed by atoms with Crippen molar-refractivity contribution in [3.05, 3.63) is 58.9 Å². The van der Waals surface area contributed by atoms with Crippen LogP contribution in [0.1, 0.15) is 33.6 Å². The van der Waals surface area contributed by atoms with Crippen LogP contribution >= 0.6 is 11.6 Å². The number of aromatic nitrogens is 1. The van der Waals surface area contributed by atoms with Gasteiger partial charge in [0.2, 0.25) is 5.91 Å². The highest BCUT2D eigenvalue weighted by Gasteiger charge is 2.40. The van der Waals surface area contributed by atoms with Gasteiger partial charge in [0.1, 0.15) is 6.04 Å². The van der Waals surface area contributed by atoms with Gasteiger partial charge >= 0.3 is 0 Å². The van der Waals surface area contributed by atoms with Gasteiger partial charge in [-0.15, -0.1) is 0 Å². The highest BCUT2D eigenvalue weighted by Crippen LogP contribution is 2.30. The number of carbonyl (C=O) groups excluding carboxylic acids is 3. The van der Waals surface area contributed by atoms with E-state index in [-0.39, 0.29) is 23.8 Å². The lowest BCUT2D eigenvalue weighted by atomic mass is 9.96. The fraction of sp³-hybridized carbons (Fsp3) is 0.263. The predicted molar refractivity (Wildman–Crippen MR) is 99.6 cm³/mol. The zero-order chi connectivity index (χ0) is 19.0. The summed E-state index contributed by atoms with van der Waals surface area (Å²) in [5, 5.41) is 6.17. The van der Waals surface area contributed by atoms with E-state index in [9.17, 15) is 14.4 Å². The summed E-state index contributed by atoms with van der Waals surface area (Å²) in [6, 6.07) is 7.35. The fourth-order valence-electron chi connectivity index (χ4n) is 3.53. The minimum atomic E-state index is -0.642. The molecule has 1 aromatic heterocycles. The Hall–Kier alpha value is -2.93. The van der Waals surface area contributed by atoms with Crippen molar-refractivity contribution < 1.29 is 14.4 Å². The van der Waals surface area contributed by atoms with Gasteiger partial charge in [0.05, 0.1) is 16.8 Å². The first-order valence-corrected chi connectivity index (χ1v) is 9.03. The van der Waals surface area contributed by atoms with E-state index in [2.05, 4.69) is 15.6 Å². The first kappa shape index (κ1) is 17.5. The number of rotatable bonds is 2. The Kier molecular flexibility index (Phi) is 4.53. The summed E-state index contributed by atoms with van der Waals surface area (Å²) < 4.78 is 0. The summed E-state index contributed by atoms with van der Waals surface area (Å²) in [6.45, 7) is 0.386. The van der Waals surface area contributed by atoms with Crippen LogP contribution in [0.3, 0.4) is 0 Å². The highest BCUT2D eigenvalue weighted by atomic mass is 35.5. The molecule has 2 aromatic rings. The Morgan fingerprint density at radius 2 is 2.15 bits per heavy atom. The second kappa shape index (κ2) is 7.00. The number of halogens is 1. The normalized spacial score (nSPS) is 21.6. The summed E-state index contributed by atoms with van der Waals surface area (Å²) in [6.07, 6.45) is 4.02. The molecule has 2 N–H and O–H groups in total. The highest BCUT2D eigenvalue weighted by molar-refractivity contribution is 6.31. The van der Waals surface area contributed by atoms with Crippen LogP contribution in [0.15, 0.2) is 42.7 Å². The van der Waals surface area contributed by atoms with Crippen LogP contribution in [0.25, 0.3) is 0 Å². The summed E-state index contributed by atoms with van der Waals surface area (Å²) in [5.74, 6) is -0.719. The van der Waals surface area contributed by atoms with Crippen molar-refractivity contribution >= 4 is 35.0 Å². The van der Waals surface area contributed by atoms with E-state index in [0.717, 1.165) is 0 Å². The number of nitrogens with one attached hydrogen (secondary N) is 2. The molecule has 2 aliphatic heterocycles. The minimum absolute atomic E-state index is 0.206. The van der Waals surface area contributed by atoms with E-state index in [1.807, 2.05) is 0 Å². The van der Waals surface area contributed by atoms with Gasteiger partial charge in [-0.2, -0.15) is 0 Å². The zero-order valence-corrected chi connectivity index (χ0v) is 15.1. The molecule has 138 valence electrons. The van der Waals surface area contributed by atoms with Gasteiger partial charge in [0.15, 0.2) is 0 Å². The molecule has 3 heterocycles. The quantitative estimate of drug-likeness (QED) is 0.829. The van der Waals surface area contributed by atoms with Crippen molar-refractivity contribution in [1.82, 2.24) is 15.2 Å². The molecule has 2 aliphatic rings. The lowest BCUT2D eigenvalue weighted by molar-refractivity contribution is -0.121. The number of hydrogen-bond donors (Lipinski definition) is 2. The van der Waals surface area contributed by atoms with Gasteiger partial charge in [-0.1, -0.05) is 11.6 Å². The van der Waals surface area contributed by atoms with Gasteiger partial charge in [-0.05, 0) is 43.2 Å². The molecule has 4 rings (SSSR count). The molecule has 1 fully saturated rings. The van der Waals surface area contributed by atoms with Crippen molar-refractivity contribution in [3.8, 4) is 0 Å². The molecule has 7 nitrogen and oxygen atoms in total. The Balaban J connectivity index is 1.52. The van der Waals surface area contributed by atoms with E-state index >= 15 is 0 Å². The smallest absolute Gasteiger partial charge is 0.256 e. The van der Waals surface area contributed by atoms with Gasteiger partial charge < -0.3 is 15.5 Å². The third kappa shape index (κ3) is 3.38. The third-order valence-corrected chi connectivity index (χ3v) is 5.13. The number of anilines is 1. The van der Waals surface area contributed by atoms with Crippen LogP contribution in [-0.4, -0.2) is 46.2 Å². The average Bonchev–Trinajstić information content (AvgIpc) is 2.77. The molecular formula is C19H17ClN4O3. The molecule has 27 heavy (non-hydrogen) atoms. The van der Waals surface area contributed by atoms with E-state index in [4.69, 9.17) is 11.6 Å². The maximum Gasteiger partial charge on any atom is 0.256 e. The molecule has 0 bridgehead atoms. The Morgan fingerprint density at radius 1 is 1.30 bits per heavy atom. The standard InChI is InChI=1S/C19H17ClN4O3/c20-12-3-4-14-15(8-12)23-18(26)16-9-13(5-7-24(16)19(14)27)22-17(25)11-2-1-6-21-10-11/h1-4,6,8,10,13,16H,5,7,9H2,(H,22,25)(H,23,26)/t13-,16-/m0/s1. The number of carbonyl (C=O) groups is 3. The molecule has 1 aromatic carbocycles. The van der Waals surface area contributed by atoms with Crippen molar-refractivity contribution in [2.75, 3.05) is 11.9 Å². The van der Waals surface area contributed by atoms with Gasteiger partial charge in [0, 0.05) is 30.0 Å². The average molecular weight is 385 g/mol. The van der Waals surface area contributed by atoms with Crippen molar-refractivity contribution in [2.45, 2.75) is 24.9 Å². The molecular weight excluding hydrogens is 368 g/mol. The van der Waals surface area contributed by atoms with E-state index in [1.165, 1.54) is 6.20 Å². The molecule has 2 atom stereocenters. The van der Waals surface area contributed by atoms with E-state index < -0.39 is 6.04 Å². The molecule has 8 heteroatoms. The summed E-state index contributed by atoms with van der Waals surface area (Å²) in [5.41, 5.74) is 1.30. The SMILES string of the molecule is O=C(N[C@H]1CCN2C(=O)c3ccc(Cl)cc3NC(=O)[C@@H]2C1)c1cccnc1. The number of piperidine rings is 1. The van der Waals surface area contributed by atoms with Crippen LogP contribution in [0.4, 0.5) is 5.69 Å². The zero-order valence-electron chi connectivity index (χ0n) is 14.3. The van der Waals surface area contributed by atoms with Crippen LogP contribution in [0.2, 0.25) is 5.02 Å². The molecule has 0 radical (unpaired) electrons. The topological polar surface area (TPSA) is 91.4 Å². The number of amides is 3. The van der Waals surface area contributed by atoms with Gasteiger partial charge in [-0.3, -0.25) is 19.4 Å². The van der Waals surface area contributed by atoms with E-state index in [1.54, 1.807) is 41.4 Å². The molecule has 3 amide bonds. The molecule has 0 spiro atoms. The summed E-state index contributed by atoms with van der Waals surface area (Å²) in [4.78, 5) is 43.4. The van der Waals surface area contributed by atoms with Crippen molar-refractivity contribution in [2.24, 2.45) is 0 Å². The molecule has 0 unspecified atom stereocenters. The molecule has 0 saturated carbocycles. The van der Waals surface area contributed by atoms with Crippen LogP contribution < -0.4 is 10.6 Å². The maximum absolute atomic E-state index is 12.9. The van der Waals surface area contributed by atoms with Crippen LogP contribution in [-0.2, 0) is 4.79 Å². The number of fused-ring (bicyclic) bond motifs is 2. The molecule has 0 aliphatic carbocycles. The number of hydrogen-bond acceptors (Lipinski definition) is 4. The van der Waals surface area contributed by atoms with E-state index in [0.29, 0.717) is 41.2 Å². The Morgan fingerprint density at radius 3 is 2.93 bits per heavy atom. The van der Waals surface area contributed by atoms with Crippen molar-refractivity contribution in [1.29, 1.82) is 0 Å². The first-order chi connectivity index (χ1) is 13.0. The third-order valence-electron chi connectivity index (χ3n) is 4.89. The second-order valence-electron chi connectivity index (χ2n) is 6.63. The second-order valence-corrected chi connectivity index (χ2v) is 7.07. The minimum Gasteiger partial charge on any atom is -0.349 e. The monoisotopic (exact) mass is 384 g/mol. The maximum atomic E-state index is 12.9. The fourth-order valence-corrected chi connectivity index (χ4v) is 3.70.